The summed E-state index contributed by atoms with van der Waals surface area (Å²) in [7, 11) is -0.0815. The summed E-state index contributed by atoms with van der Waals surface area (Å²) in [5.74, 6) is -70.5. The van der Waals surface area contributed by atoms with Gasteiger partial charge in [0.1, 0.15) is 0 Å². The number of halogens is 21. The molecule has 0 unspecified atom stereocenters. The second kappa shape index (κ2) is 18.7. The van der Waals surface area contributed by atoms with Crippen molar-refractivity contribution >= 4 is 54.0 Å². The monoisotopic (exact) mass is 1030 g/mol. The van der Waals surface area contributed by atoms with E-state index in [1.807, 2.05) is 12.1 Å². The molecule has 0 saturated carbocycles. The fourth-order valence-corrected chi connectivity index (χ4v) is 21.3. The van der Waals surface area contributed by atoms with E-state index in [-0.39, 0.29) is 10.9 Å². The molecule has 0 bridgehead atoms. The van der Waals surface area contributed by atoms with E-state index in [1.54, 1.807) is 0 Å². The molecule has 0 aliphatic rings. The summed E-state index contributed by atoms with van der Waals surface area (Å²) in [5.41, 5.74) is 0. The first-order chi connectivity index (χ1) is 30.5. The Balaban J connectivity index is 0.000000289. The first-order valence-corrected chi connectivity index (χ1v) is 23.8. The SMILES string of the molecule is Clc1ccc([S+](c2ccccc2)c2ccccc2)cc1.Fc1c(F)c(F)[c]([Ga-]([c]2c(F)c(F)c(F)c(F)c2F)([c]2c(F)c(F)c(F)c(F)c2F)[c]2c(F)c(F)c(F)c(F)c2F)c(F)c1F. The van der Waals surface area contributed by atoms with Gasteiger partial charge in [-0.2, -0.15) is 0 Å². The quantitative estimate of drug-likeness (QED) is 0.0491. The van der Waals surface area contributed by atoms with Crippen molar-refractivity contribution in [3.8, 4) is 0 Å². The predicted octanol–water partition coefficient (Wildman–Crippen LogP) is 11.3. The summed E-state index contributed by atoms with van der Waals surface area (Å²) >= 11 is -3.73. The Hall–Kier alpha value is -5.58. The molecule has 65 heavy (non-hydrogen) atoms. The van der Waals surface area contributed by atoms with Gasteiger partial charge in [0.2, 0.25) is 0 Å². The van der Waals surface area contributed by atoms with Crippen molar-refractivity contribution < 1.29 is 87.8 Å². The Morgan fingerprint density at radius 2 is 0.431 bits per heavy atom. The molecular weight excluding hydrogens is 1020 g/mol. The zero-order valence-corrected chi connectivity index (χ0v) is 35.0. The van der Waals surface area contributed by atoms with E-state index in [0.717, 1.165) is 5.02 Å². The van der Waals surface area contributed by atoms with Crippen molar-refractivity contribution in [3.05, 3.63) is 206 Å². The van der Waals surface area contributed by atoms with Crippen molar-refractivity contribution in [2.24, 2.45) is 0 Å². The van der Waals surface area contributed by atoms with Gasteiger partial charge in [-0.15, -0.1) is 0 Å². The van der Waals surface area contributed by atoms with Crippen LogP contribution < -0.4 is 16.5 Å². The van der Waals surface area contributed by atoms with E-state index < -0.39 is 148 Å². The molecule has 7 aromatic carbocycles. The van der Waals surface area contributed by atoms with Crippen LogP contribution in [-0.4, -0.2) is 15.0 Å². The van der Waals surface area contributed by atoms with E-state index in [2.05, 4.69) is 72.8 Å². The number of hydrogen-bond acceptors (Lipinski definition) is 0. The molecule has 0 nitrogen and oxygen atoms in total. The van der Waals surface area contributed by atoms with Gasteiger partial charge in [0.05, 0.1) is 10.9 Å². The summed E-state index contributed by atoms with van der Waals surface area (Å²) in [4.78, 5) is 3.92. The fourth-order valence-electron chi connectivity index (χ4n) is 6.97. The maximum atomic E-state index is 15.4. The van der Waals surface area contributed by atoms with E-state index in [0.29, 0.717) is 0 Å². The Kier molecular flexibility index (Phi) is 14.1. The average Bonchev–Trinajstić information content (AvgIpc) is 3.30. The normalized spacial score (nSPS) is 11.6. The van der Waals surface area contributed by atoms with Gasteiger partial charge in [-0.25, -0.2) is 0 Å². The summed E-state index contributed by atoms with van der Waals surface area (Å²) in [6, 6.07) is 29.4. The fraction of sp³-hybridized carbons (Fsp3) is 0. The predicted molar refractivity (Wildman–Crippen MR) is 196 cm³/mol. The minimum absolute atomic E-state index is 0.0815. The van der Waals surface area contributed by atoms with Crippen LogP contribution in [0.1, 0.15) is 0 Å². The summed E-state index contributed by atoms with van der Waals surface area (Å²) in [6.07, 6.45) is 0. The molecule has 0 atom stereocenters. The van der Waals surface area contributed by atoms with Crippen LogP contribution in [0.4, 0.5) is 87.8 Å². The Labute approximate surface area is 361 Å². The van der Waals surface area contributed by atoms with Crippen molar-refractivity contribution in [2.75, 3.05) is 0 Å². The molecule has 23 heteroatoms. The Bertz CT molecular complexity index is 2570. The van der Waals surface area contributed by atoms with Gasteiger partial charge in [-0.1, -0.05) is 48.0 Å². The molecule has 0 radical (unpaired) electrons. The third-order valence-electron chi connectivity index (χ3n) is 9.71. The molecule has 0 aliphatic heterocycles. The molecule has 7 rings (SSSR count). The second-order valence-electron chi connectivity index (χ2n) is 13.2. The van der Waals surface area contributed by atoms with Gasteiger partial charge in [0.25, 0.3) is 0 Å². The molecular formula is C42H14ClF20GaS. The molecule has 0 fully saturated rings. The Morgan fingerprint density at radius 1 is 0.246 bits per heavy atom. The molecule has 0 saturated heterocycles. The zero-order chi connectivity index (χ0) is 48.1. The molecule has 7 aromatic rings. The summed E-state index contributed by atoms with van der Waals surface area (Å²) in [6.45, 7) is 0. The van der Waals surface area contributed by atoms with Crippen LogP contribution in [0.25, 0.3) is 0 Å². The minimum atomic E-state index is -9.74. The van der Waals surface area contributed by atoms with Crippen LogP contribution >= 0.6 is 11.6 Å². The van der Waals surface area contributed by atoms with Crippen molar-refractivity contribution in [1.29, 1.82) is 0 Å². The van der Waals surface area contributed by atoms with Crippen LogP contribution in [0.3, 0.4) is 0 Å². The van der Waals surface area contributed by atoms with Crippen LogP contribution in [0.2, 0.25) is 5.02 Å². The van der Waals surface area contributed by atoms with E-state index >= 15 is 35.1 Å². The van der Waals surface area contributed by atoms with E-state index in [1.165, 1.54) is 14.7 Å². The molecule has 0 amide bonds. The standard InChI is InChI=1S/C18H14ClS.4C6F5.Ga/c19-15-11-13-18(14-12-15)20(16-7-3-1-4-8-16)17-9-5-2-6-10-17;4*7-2-1-3(8)5(10)6(11)4(2)9;/h1-14H;;;;;/q+1;;;;;-1. The average molecular weight is 1040 g/mol. The topological polar surface area (TPSA) is 0 Å². The van der Waals surface area contributed by atoms with Crippen LogP contribution in [0.5, 0.6) is 0 Å². The summed E-state index contributed by atoms with van der Waals surface area (Å²) < 4.78 is 281. The van der Waals surface area contributed by atoms with Crippen LogP contribution in [0.15, 0.2) is 99.6 Å². The molecule has 0 heterocycles. The van der Waals surface area contributed by atoms with Gasteiger partial charge in [0, 0.05) is 5.02 Å². The third-order valence-corrected chi connectivity index (χ3v) is 23.7. The van der Waals surface area contributed by atoms with Crippen molar-refractivity contribution in [3.63, 3.8) is 0 Å². The number of benzene rings is 7. The number of rotatable bonds is 7. The van der Waals surface area contributed by atoms with E-state index in [9.17, 15) is 52.7 Å². The molecule has 0 aliphatic carbocycles. The van der Waals surface area contributed by atoms with Crippen molar-refractivity contribution in [1.82, 2.24) is 0 Å². The molecule has 0 N–H and O–H groups in total. The number of hydrogen-bond donors (Lipinski definition) is 0. The van der Waals surface area contributed by atoms with Crippen LogP contribution in [0, 0.1) is 116 Å². The Morgan fingerprint density at radius 3 is 0.646 bits per heavy atom. The zero-order valence-electron chi connectivity index (χ0n) is 31.0. The summed E-state index contributed by atoms with van der Waals surface area (Å²) in [5, 5.41) is 0.776. The molecule has 0 aromatic heterocycles. The third kappa shape index (κ3) is 8.00. The van der Waals surface area contributed by atoms with Gasteiger partial charge in [0.15, 0.2) is 14.7 Å². The van der Waals surface area contributed by atoms with Gasteiger partial charge < -0.3 is 0 Å². The first-order valence-electron chi connectivity index (χ1n) is 17.4. The van der Waals surface area contributed by atoms with Crippen molar-refractivity contribution in [2.45, 2.75) is 14.7 Å². The van der Waals surface area contributed by atoms with Gasteiger partial charge in [-0.05, 0) is 48.5 Å². The van der Waals surface area contributed by atoms with Gasteiger partial charge in [-0.3, -0.25) is 0 Å². The van der Waals surface area contributed by atoms with E-state index in [4.69, 9.17) is 11.6 Å². The molecule has 0 spiro atoms. The first kappa shape index (κ1) is 48.9. The van der Waals surface area contributed by atoms with Gasteiger partial charge >= 0.3 is 236 Å². The second-order valence-corrected chi connectivity index (χ2v) is 24.1. The van der Waals surface area contributed by atoms with Crippen LogP contribution in [-0.2, 0) is 10.9 Å². The molecule has 338 valence electrons. The maximum absolute atomic E-state index is 15.4.